The quantitative estimate of drug-likeness (QED) is 0.835. The Kier molecular flexibility index (Phi) is 3.82. The molecule has 1 saturated carbocycles. The lowest BCUT2D eigenvalue weighted by Crippen LogP contribution is -2.28. The van der Waals surface area contributed by atoms with Crippen LogP contribution in [-0.2, 0) is 14.6 Å². The Morgan fingerprint density at radius 1 is 1.36 bits per heavy atom. The molecule has 1 aliphatic heterocycles. The predicted molar refractivity (Wildman–Crippen MR) is 81.9 cm³/mol. The predicted octanol–water partition coefficient (Wildman–Crippen LogP) is 0.907. The molecule has 0 aromatic heterocycles. The molecule has 6 nitrogen and oxygen atoms in total. The number of fused-ring (bicyclic) bond motifs is 1. The van der Waals surface area contributed by atoms with Crippen LogP contribution in [0, 0.1) is 5.41 Å². The Morgan fingerprint density at radius 2 is 2.09 bits per heavy atom. The molecule has 1 heterocycles. The highest BCUT2D eigenvalue weighted by Crippen LogP contribution is 2.63. The summed E-state index contributed by atoms with van der Waals surface area (Å²) in [5, 5.41) is -0.517. The average Bonchev–Trinajstić information content (AvgIpc) is 2.94. The highest BCUT2D eigenvalue weighted by Gasteiger charge is 2.69. The second-order valence-corrected chi connectivity index (χ2v) is 8.08. The summed E-state index contributed by atoms with van der Waals surface area (Å²) >= 11 is 0. The van der Waals surface area contributed by atoms with Crippen LogP contribution in [0.15, 0.2) is 18.2 Å². The number of nitrogens with two attached hydrogens (primary N) is 1. The summed E-state index contributed by atoms with van der Waals surface area (Å²) < 4.78 is 40.6. The van der Waals surface area contributed by atoms with E-state index in [9.17, 15) is 8.42 Å². The van der Waals surface area contributed by atoms with Crippen molar-refractivity contribution in [2.24, 2.45) is 11.1 Å². The molecule has 0 spiro atoms. The molecular weight excluding hydrogens is 306 g/mol. The third-order valence-corrected chi connectivity index (χ3v) is 6.22. The van der Waals surface area contributed by atoms with E-state index < -0.39 is 20.5 Å². The van der Waals surface area contributed by atoms with Crippen molar-refractivity contribution in [3.05, 3.63) is 23.8 Å². The van der Waals surface area contributed by atoms with Gasteiger partial charge < -0.3 is 19.9 Å². The Labute approximate surface area is 130 Å². The Bertz CT molecular complexity index is 675. The van der Waals surface area contributed by atoms with Crippen LogP contribution in [0.4, 0.5) is 0 Å². The van der Waals surface area contributed by atoms with Gasteiger partial charge in [-0.3, -0.25) is 0 Å². The number of ether oxygens (including phenoxy) is 3. The van der Waals surface area contributed by atoms with Gasteiger partial charge in [-0.2, -0.15) is 0 Å². The van der Waals surface area contributed by atoms with Crippen LogP contribution < -0.4 is 15.2 Å². The fourth-order valence-corrected chi connectivity index (χ4v) is 5.51. The lowest BCUT2D eigenvalue weighted by molar-refractivity contribution is 0.101. The standard InChI is InChI=1S/C15H21NO5S/c1-3-19-8-15(7-16)13(14(15)22(2,17)18)10-4-5-11-12(6-10)21-9-20-11/h4-6,13-14H,3,7-9,16H2,1-2H3/t13-,14-,15+/m0/s1. The third-order valence-electron chi connectivity index (χ3n) is 4.55. The molecule has 0 radical (unpaired) electrons. The van der Waals surface area contributed by atoms with Gasteiger partial charge in [-0.05, 0) is 24.6 Å². The van der Waals surface area contributed by atoms with Gasteiger partial charge in [0.15, 0.2) is 21.3 Å². The molecule has 7 heteroatoms. The molecule has 2 N–H and O–H groups in total. The van der Waals surface area contributed by atoms with Crippen LogP contribution in [-0.4, -0.2) is 46.5 Å². The molecule has 3 rings (SSSR count). The van der Waals surface area contributed by atoms with E-state index >= 15 is 0 Å². The van der Waals surface area contributed by atoms with Crippen molar-refractivity contribution in [1.82, 2.24) is 0 Å². The largest absolute Gasteiger partial charge is 0.454 e. The van der Waals surface area contributed by atoms with Gasteiger partial charge in [0.1, 0.15) is 0 Å². The summed E-state index contributed by atoms with van der Waals surface area (Å²) in [4.78, 5) is 0. The first-order valence-corrected chi connectivity index (χ1v) is 9.25. The minimum atomic E-state index is -3.22. The van der Waals surface area contributed by atoms with Gasteiger partial charge in [0.2, 0.25) is 6.79 Å². The van der Waals surface area contributed by atoms with Crippen molar-refractivity contribution in [3.63, 3.8) is 0 Å². The van der Waals surface area contributed by atoms with Crippen molar-refractivity contribution in [2.45, 2.75) is 18.1 Å². The first-order chi connectivity index (χ1) is 10.4. The summed E-state index contributed by atoms with van der Waals surface area (Å²) in [6.45, 7) is 3.23. The lowest BCUT2D eigenvalue weighted by atomic mass is 9.99. The molecule has 122 valence electrons. The van der Waals surface area contributed by atoms with Gasteiger partial charge in [0.25, 0.3) is 0 Å². The number of benzene rings is 1. The molecule has 1 aromatic rings. The van der Waals surface area contributed by atoms with E-state index in [0.717, 1.165) is 5.56 Å². The fraction of sp³-hybridized carbons (Fsp3) is 0.600. The van der Waals surface area contributed by atoms with E-state index in [0.29, 0.717) is 24.7 Å². The third kappa shape index (κ3) is 2.37. The maximum atomic E-state index is 12.2. The number of hydrogen-bond donors (Lipinski definition) is 1. The first-order valence-electron chi connectivity index (χ1n) is 7.30. The molecule has 0 bridgehead atoms. The zero-order chi connectivity index (χ0) is 16.0. The van der Waals surface area contributed by atoms with E-state index in [-0.39, 0.29) is 19.3 Å². The highest BCUT2D eigenvalue weighted by atomic mass is 32.2. The van der Waals surface area contributed by atoms with Crippen LogP contribution in [0.1, 0.15) is 18.4 Å². The summed E-state index contributed by atoms with van der Waals surface area (Å²) in [5.74, 6) is 1.16. The summed E-state index contributed by atoms with van der Waals surface area (Å²) in [6, 6.07) is 5.56. The number of sulfone groups is 1. The molecule has 1 fully saturated rings. The molecule has 0 saturated heterocycles. The zero-order valence-corrected chi connectivity index (χ0v) is 13.6. The monoisotopic (exact) mass is 327 g/mol. The van der Waals surface area contributed by atoms with Gasteiger partial charge in [0, 0.05) is 30.7 Å². The van der Waals surface area contributed by atoms with E-state index in [4.69, 9.17) is 19.9 Å². The second-order valence-electron chi connectivity index (χ2n) is 5.91. The molecule has 1 aromatic carbocycles. The number of rotatable bonds is 6. The molecule has 2 aliphatic rings. The van der Waals surface area contributed by atoms with Crippen LogP contribution in [0.5, 0.6) is 11.5 Å². The van der Waals surface area contributed by atoms with E-state index in [2.05, 4.69) is 0 Å². The van der Waals surface area contributed by atoms with Gasteiger partial charge >= 0.3 is 0 Å². The minimum Gasteiger partial charge on any atom is -0.454 e. The van der Waals surface area contributed by atoms with Crippen LogP contribution in [0.3, 0.4) is 0 Å². The smallest absolute Gasteiger partial charge is 0.231 e. The maximum Gasteiger partial charge on any atom is 0.231 e. The molecule has 0 unspecified atom stereocenters. The summed E-state index contributed by atoms with van der Waals surface area (Å²) in [5.41, 5.74) is 6.29. The fourth-order valence-electron chi connectivity index (χ4n) is 3.51. The Morgan fingerprint density at radius 3 is 2.73 bits per heavy atom. The van der Waals surface area contributed by atoms with Crippen molar-refractivity contribution in [3.8, 4) is 11.5 Å². The number of hydrogen-bond acceptors (Lipinski definition) is 6. The average molecular weight is 327 g/mol. The van der Waals surface area contributed by atoms with Crippen molar-refractivity contribution >= 4 is 9.84 Å². The van der Waals surface area contributed by atoms with E-state index in [1.165, 1.54) is 6.26 Å². The van der Waals surface area contributed by atoms with E-state index in [1.807, 2.05) is 25.1 Å². The summed E-state index contributed by atoms with van der Waals surface area (Å²) in [7, 11) is -3.22. The first kappa shape index (κ1) is 15.6. The zero-order valence-electron chi connectivity index (χ0n) is 12.7. The topological polar surface area (TPSA) is 87.8 Å². The maximum absolute atomic E-state index is 12.2. The Balaban J connectivity index is 1.96. The summed E-state index contributed by atoms with van der Waals surface area (Å²) in [6.07, 6.45) is 1.26. The molecule has 22 heavy (non-hydrogen) atoms. The van der Waals surface area contributed by atoms with Crippen LogP contribution in [0.25, 0.3) is 0 Å². The van der Waals surface area contributed by atoms with E-state index in [1.54, 1.807) is 0 Å². The lowest BCUT2D eigenvalue weighted by Gasteiger charge is -2.15. The molecule has 0 amide bonds. The van der Waals surface area contributed by atoms with Crippen LogP contribution >= 0.6 is 0 Å². The SMILES string of the molecule is CCOC[C@]1(CN)[C@@H](c2ccc3c(c2)OCO3)[C@@H]1S(C)(=O)=O. The second kappa shape index (κ2) is 5.40. The Hall–Kier alpha value is -1.31. The van der Waals surface area contributed by atoms with Gasteiger partial charge in [-0.25, -0.2) is 8.42 Å². The van der Waals surface area contributed by atoms with Crippen LogP contribution in [0.2, 0.25) is 0 Å². The molecular formula is C15H21NO5S. The highest BCUT2D eigenvalue weighted by molar-refractivity contribution is 7.91. The molecule has 1 aliphatic carbocycles. The molecule has 3 atom stereocenters. The minimum absolute atomic E-state index is 0.173. The van der Waals surface area contributed by atoms with Gasteiger partial charge in [0.05, 0.1) is 11.9 Å². The van der Waals surface area contributed by atoms with Crippen molar-refractivity contribution < 1.29 is 22.6 Å². The normalized spacial score (nSPS) is 29.6. The van der Waals surface area contributed by atoms with Gasteiger partial charge in [-0.15, -0.1) is 0 Å². The van der Waals surface area contributed by atoms with Crippen molar-refractivity contribution in [1.29, 1.82) is 0 Å². The van der Waals surface area contributed by atoms with Crippen molar-refractivity contribution in [2.75, 3.05) is 32.8 Å². The van der Waals surface area contributed by atoms with Gasteiger partial charge in [-0.1, -0.05) is 6.07 Å².